The minimum absolute atomic E-state index is 0.0579. The molecule has 0 bridgehead atoms. The molecule has 24 heavy (non-hydrogen) atoms. The Morgan fingerprint density at radius 1 is 1.29 bits per heavy atom. The van der Waals surface area contributed by atoms with E-state index in [1.54, 1.807) is 0 Å². The summed E-state index contributed by atoms with van der Waals surface area (Å²) >= 11 is 0. The highest BCUT2D eigenvalue weighted by Crippen LogP contribution is 2.23. The van der Waals surface area contributed by atoms with Crippen LogP contribution in [0.1, 0.15) is 26.3 Å². The number of carbonyl (C=O) groups is 3. The molecule has 1 saturated heterocycles. The minimum atomic E-state index is -0.625. The van der Waals surface area contributed by atoms with Gasteiger partial charge in [0.2, 0.25) is 5.91 Å². The molecule has 2 atom stereocenters. The summed E-state index contributed by atoms with van der Waals surface area (Å²) in [6.45, 7) is 5.31. The topological polar surface area (TPSA) is 72.9 Å². The molecule has 2 amide bonds. The van der Waals surface area contributed by atoms with Crippen molar-refractivity contribution >= 4 is 18.0 Å². The lowest BCUT2D eigenvalue weighted by atomic mass is 9.96. The van der Waals surface area contributed by atoms with Gasteiger partial charge in [-0.05, 0) is 17.9 Å². The molecule has 1 aromatic carbocycles. The van der Waals surface area contributed by atoms with Crippen LogP contribution in [0.2, 0.25) is 0 Å². The summed E-state index contributed by atoms with van der Waals surface area (Å²) in [5.41, 5.74) is 0.941. The summed E-state index contributed by atoms with van der Waals surface area (Å²) in [7, 11) is 0. The van der Waals surface area contributed by atoms with E-state index in [-0.39, 0.29) is 31.1 Å². The van der Waals surface area contributed by atoms with Crippen LogP contribution >= 0.6 is 0 Å². The Hall–Kier alpha value is -2.37. The standard InChI is InChI=1S/C18H23NO5/c1-12(2)16-11-24-18(22)19(16)17(21)15(10-23-13(3)20)9-14-7-5-4-6-8-14/h4-8,12,15-16H,9-11H2,1-3H3/t15-,16-/m0/s1. The highest BCUT2D eigenvalue weighted by atomic mass is 16.6. The number of imide groups is 1. The molecule has 1 aliphatic rings. The first-order valence-electron chi connectivity index (χ1n) is 8.07. The van der Waals surface area contributed by atoms with Crippen LogP contribution in [-0.2, 0) is 25.5 Å². The van der Waals surface area contributed by atoms with Crippen molar-refractivity contribution in [2.75, 3.05) is 13.2 Å². The van der Waals surface area contributed by atoms with Gasteiger partial charge in [-0.2, -0.15) is 0 Å². The number of rotatable bonds is 6. The summed E-state index contributed by atoms with van der Waals surface area (Å²) in [5, 5.41) is 0. The molecule has 0 radical (unpaired) electrons. The maximum Gasteiger partial charge on any atom is 0.416 e. The van der Waals surface area contributed by atoms with E-state index in [0.717, 1.165) is 5.56 Å². The summed E-state index contributed by atoms with van der Waals surface area (Å²) in [4.78, 5) is 37.2. The summed E-state index contributed by atoms with van der Waals surface area (Å²) in [6.07, 6.45) is -0.235. The summed E-state index contributed by atoms with van der Waals surface area (Å²) in [5.74, 6) is -1.35. The largest absolute Gasteiger partial charge is 0.465 e. The second-order valence-electron chi connectivity index (χ2n) is 6.29. The van der Waals surface area contributed by atoms with Gasteiger partial charge in [-0.15, -0.1) is 0 Å². The number of ether oxygens (including phenoxy) is 2. The van der Waals surface area contributed by atoms with Crippen molar-refractivity contribution in [3.63, 3.8) is 0 Å². The zero-order chi connectivity index (χ0) is 17.7. The Labute approximate surface area is 141 Å². The van der Waals surface area contributed by atoms with Gasteiger partial charge in [-0.3, -0.25) is 9.59 Å². The number of cyclic esters (lactones) is 1. The lowest BCUT2D eigenvalue weighted by Crippen LogP contribution is -2.46. The molecule has 1 fully saturated rings. The van der Waals surface area contributed by atoms with Gasteiger partial charge < -0.3 is 9.47 Å². The van der Waals surface area contributed by atoms with Gasteiger partial charge in [-0.1, -0.05) is 44.2 Å². The van der Waals surface area contributed by atoms with Crippen molar-refractivity contribution < 1.29 is 23.9 Å². The maximum atomic E-state index is 12.9. The first-order chi connectivity index (χ1) is 11.4. The van der Waals surface area contributed by atoms with E-state index in [1.807, 2.05) is 44.2 Å². The number of amides is 2. The van der Waals surface area contributed by atoms with Crippen LogP contribution < -0.4 is 0 Å². The normalized spacial score (nSPS) is 18.4. The molecule has 2 rings (SSSR count). The Bertz CT molecular complexity index is 599. The second kappa shape index (κ2) is 7.95. The van der Waals surface area contributed by atoms with Crippen LogP contribution in [0, 0.1) is 11.8 Å². The number of esters is 1. The van der Waals surface area contributed by atoms with E-state index in [2.05, 4.69) is 0 Å². The predicted molar refractivity (Wildman–Crippen MR) is 87.1 cm³/mol. The van der Waals surface area contributed by atoms with Crippen molar-refractivity contribution in [2.24, 2.45) is 11.8 Å². The van der Waals surface area contributed by atoms with Gasteiger partial charge >= 0.3 is 12.1 Å². The number of carbonyl (C=O) groups excluding carboxylic acids is 3. The monoisotopic (exact) mass is 333 g/mol. The van der Waals surface area contributed by atoms with Crippen LogP contribution in [0.25, 0.3) is 0 Å². The van der Waals surface area contributed by atoms with Gasteiger partial charge in [0.25, 0.3) is 0 Å². The molecule has 0 unspecified atom stereocenters. The number of hydrogen-bond donors (Lipinski definition) is 0. The second-order valence-corrected chi connectivity index (χ2v) is 6.29. The first-order valence-corrected chi connectivity index (χ1v) is 8.07. The van der Waals surface area contributed by atoms with Crippen LogP contribution in [0.4, 0.5) is 4.79 Å². The molecule has 0 aromatic heterocycles. The van der Waals surface area contributed by atoms with E-state index in [9.17, 15) is 14.4 Å². The average molecular weight is 333 g/mol. The smallest absolute Gasteiger partial charge is 0.416 e. The van der Waals surface area contributed by atoms with Crippen molar-refractivity contribution in [1.29, 1.82) is 0 Å². The van der Waals surface area contributed by atoms with Crippen LogP contribution in [-0.4, -0.2) is 42.1 Å². The molecular weight excluding hydrogens is 310 g/mol. The lowest BCUT2D eigenvalue weighted by Gasteiger charge is -2.26. The summed E-state index contributed by atoms with van der Waals surface area (Å²) < 4.78 is 10.1. The van der Waals surface area contributed by atoms with E-state index < -0.39 is 18.0 Å². The van der Waals surface area contributed by atoms with Crippen LogP contribution in [0.15, 0.2) is 30.3 Å². The third kappa shape index (κ3) is 4.34. The predicted octanol–water partition coefficient (Wildman–Crippen LogP) is 2.41. The Balaban J connectivity index is 2.19. The summed E-state index contributed by atoms with van der Waals surface area (Å²) in [6, 6.07) is 9.15. The fourth-order valence-electron chi connectivity index (χ4n) is 2.71. The Morgan fingerprint density at radius 2 is 1.96 bits per heavy atom. The highest BCUT2D eigenvalue weighted by molar-refractivity contribution is 5.95. The van der Waals surface area contributed by atoms with E-state index in [0.29, 0.717) is 6.42 Å². The van der Waals surface area contributed by atoms with Gasteiger partial charge in [-0.25, -0.2) is 9.69 Å². The van der Waals surface area contributed by atoms with E-state index in [4.69, 9.17) is 9.47 Å². The van der Waals surface area contributed by atoms with Crippen molar-refractivity contribution in [1.82, 2.24) is 4.90 Å². The first kappa shape index (κ1) is 18.0. The van der Waals surface area contributed by atoms with Gasteiger partial charge in [0.1, 0.15) is 13.2 Å². The Morgan fingerprint density at radius 3 is 2.54 bits per heavy atom. The number of hydrogen-bond acceptors (Lipinski definition) is 5. The zero-order valence-electron chi connectivity index (χ0n) is 14.2. The molecule has 1 aromatic rings. The fourth-order valence-corrected chi connectivity index (χ4v) is 2.71. The van der Waals surface area contributed by atoms with E-state index in [1.165, 1.54) is 11.8 Å². The zero-order valence-corrected chi connectivity index (χ0v) is 14.2. The molecule has 0 spiro atoms. The Kier molecular flexibility index (Phi) is 5.95. The third-order valence-corrected chi connectivity index (χ3v) is 4.07. The molecule has 0 aliphatic carbocycles. The quantitative estimate of drug-likeness (QED) is 0.748. The molecular formula is C18H23NO5. The lowest BCUT2D eigenvalue weighted by molar-refractivity contribution is -0.146. The highest BCUT2D eigenvalue weighted by Gasteiger charge is 2.42. The van der Waals surface area contributed by atoms with Gasteiger partial charge in [0.05, 0.1) is 12.0 Å². The van der Waals surface area contributed by atoms with Crippen molar-refractivity contribution in [2.45, 2.75) is 33.2 Å². The molecule has 0 N–H and O–H groups in total. The third-order valence-electron chi connectivity index (χ3n) is 4.07. The molecule has 6 heteroatoms. The minimum Gasteiger partial charge on any atom is -0.465 e. The van der Waals surface area contributed by atoms with Crippen molar-refractivity contribution in [3.05, 3.63) is 35.9 Å². The molecule has 6 nitrogen and oxygen atoms in total. The molecule has 0 saturated carbocycles. The van der Waals surface area contributed by atoms with E-state index >= 15 is 0 Å². The van der Waals surface area contributed by atoms with Crippen LogP contribution in [0.3, 0.4) is 0 Å². The van der Waals surface area contributed by atoms with Gasteiger partial charge in [0, 0.05) is 6.92 Å². The maximum absolute atomic E-state index is 12.9. The fraction of sp³-hybridized carbons (Fsp3) is 0.500. The van der Waals surface area contributed by atoms with Crippen LogP contribution in [0.5, 0.6) is 0 Å². The van der Waals surface area contributed by atoms with Gasteiger partial charge in [0.15, 0.2) is 0 Å². The molecule has 1 heterocycles. The average Bonchev–Trinajstić information content (AvgIpc) is 2.93. The number of nitrogens with zero attached hydrogens (tertiary/aromatic N) is 1. The SMILES string of the molecule is CC(=O)OC[C@H](Cc1ccccc1)C(=O)N1C(=O)OC[C@H]1C(C)C. The number of benzene rings is 1. The van der Waals surface area contributed by atoms with Crippen molar-refractivity contribution in [3.8, 4) is 0 Å². The molecule has 1 aliphatic heterocycles. The molecule has 130 valence electrons.